The van der Waals surface area contributed by atoms with Gasteiger partial charge in [0.1, 0.15) is 11.9 Å². The number of hydrogen-bond acceptors (Lipinski definition) is 3. The SMILES string of the molecule is Cn1ncc(Br)c1C(O)c1cc2cc(F)ccc2s1. The molecular weight excluding hydrogens is 331 g/mol. The maximum atomic E-state index is 13.2. The van der Waals surface area contributed by atoms with E-state index in [9.17, 15) is 9.50 Å². The molecule has 0 saturated heterocycles. The lowest BCUT2D eigenvalue weighted by atomic mass is 10.2. The van der Waals surface area contributed by atoms with E-state index in [1.54, 1.807) is 24.0 Å². The van der Waals surface area contributed by atoms with E-state index < -0.39 is 6.10 Å². The molecule has 1 aromatic carbocycles. The number of aliphatic hydroxyl groups is 1. The number of aromatic nitrogens is 2. The van der Waals surface area contributed by atoms with Crippen LogP contribution in [-0.2, 0) is 7.05 Å². The van der Waals surface area contributed by atoms with E-state index in [1.165, 1.54) is 23.5 Å². The molecule has 0 aliphatic carbocycles. The van der Waals surface area contributed by atoms with E-state index in [4.69, 9.17) is 0 Å². The molecule has 3 aromatic rings. The zero-order chi connectivity index (χ0) is 13.6. The highest BCUT2D eigenvalue weighted by Gasteiger charge is 2.20. The lowest BCUT2D eigenvalue weighted by Crippen LogP contribution is -2.05. The van der Waals surface area contributed by atoms with Crippen LogP contribution in [0.4, 0.5) is 4.39 Å². The number of rotatable bonds is 2. The van der Waals surface area contributed by atoms with Crippen molar-refractivity contribution in [1.82, 2.24) is 9.78 Å². The summed E-state index contributed by atoms with van der Waals surface area (Å²) in [5.74, 6) is -0.270. The van der Waals surface area contributed by atoms with Gasteiger partial charge >= 0.3 is 0 Å². The van der Waals surface area contributed by atoms with Crippen LogP contribution in [0, 0.1) is 5.82 Å². The summed E-state index contributed by atoms with van der Waals surface area (Å²) in [5.41, 5.74) is 0.687. The number of hydrogen-bond donors (Lipinski definition) is 1. The second-order valence-electron chi connectivity index (χ2n) is 4.23. The van der Waals surface area contributed by atoms with E-state index in [1.807, 2.05) is 6.07 Å². The first kappa shape index (κ1) is 12.8. The molecule has 1 atom stereocenters. The Labute approximate surface area is 121 Å². The minimum atomic E-state index is -0.776. The lowest BCUT2D eigenvalue weighted by Gasteiger charge is -2.09. The van der Waals surface area contributed by atoms with E-state index in [-0.39, 0.29) is 5.82 Å². The Morgan fingerprint density at radius 3 is 2.89 bits per heavy atom. The number of halogens is 2. The van der Waals surface area contributed by atoms with Gasteiger partial charge in [0, 0.05) is 16.6 Å². The quantitative estimate of drug-likeness (QED) is 0.773. The summed E-state index contributed by atoms with van der Waals surface area (Å²) in [7, 11) is 1.77. The minimum Gasteiger partial charge on any atom is -0.381 e. The van der Waals surface area contributed by atoms with Gasteiger partial charge in [-0.1, -0.05) is 0 Å². The van der Waals surface area contributed by atoms with Crippen LogP contribution in [0.25, 0.3) is 10.1 Å². The summed E-state index contributed by atoms with van der Waals surface area (Å²) >= 11 is 4.82. The Bertz CT molecular complexity index is 733. The molecule has 2 aromatic heterocycles. The van der Waals surface area contributed by atoms with Crippen molar-refractivity contribution in [2.45, 2.75) is 6.10 Å². The molecule has 1 unspecified atom stereocenters. The predicted molar refractivity (Wildman–Crippen MR) is 76.8 cm³/mol. The first-order valence-electron chi connectivity index (χ1n) is 5.60. The average molecular weight is 341 g/mol. The van der Waals surface area contributed by atoms with Crippen LogP contribution < -0.4 is 0 Å². The third-order valence-electron chi connectivity index (χ3n) is 2.96. The van der Waals surface area contributed by atoms with Crippen molar-refractivity contribution in [1.29, 1.82) is 0 Å². The van der Waals surface area contributed by atoms with Gasteiger partial charge in [0.05, 0.1) is 16.4 Å². The Balaban J connectivity index is 2.09. The first-order chi connectivity index (χ1) is 9.06. The molecule has 0 radical (unpaired) electrons. The van der Waals surface area contributed by atoms with Gasteiger partial charge in [-0.15, -0.1) is 11.3 Å². The molecule has 0 fully saturated rings. The largest absolute Gasteiger partial charge is 0.381 e. The molecule has 0 amide bonds. The van der Waals surface area contributed by atoms with Crippen LogP contribution in [-0.4, -0.2) is 14.9 Å². The van der Waals surface area contributed by atoms with Crippen LogP contribution in [0.3, 0.4) is 0 Å². The Morgan fingerprint density at radius 1 is 1.42 bits per heavy atom. The molecule has 3 nitrogen and oxygen atoms in total. The molecule has 19 heavy (non-hydrogen) atoms. The van der Waals surface area contributed by atoms with Gasteiger partial charge in [-0.3, -0.25) is 4.68 Å². The summed E-state index contributed by atoms with van der Waals surface area (Å²) in [6.07, 6.45) is 0.869. The van der Waals surface area contributed by atoms with E-state index in [0.29, 0.717) is 5.69 Å². The molecule has 3 rings (SSSR count). The van der Waals surface area contributed by atoms with Gasteiger partial charge in [0.15, 0.2) is 0 Å². The van der Waals surface area contributed by atoms with Crippen molar-refractivity contribution in [3.63, 3.8) is 0 Å². The van der Waals surface area contributed by atoms with Gasteiger partial charge in [-0.25, -0.2) is 4.39 Å². The molecule has 0 aliphatic rings. The second kappa shape index (κ2) is 4.70. The summed E-state index contributed by atoms with van der Waals surface area (Å²) in [5, 5.41) is 15.3. The lowest BCUT2D eigenvalue weighted by molar-refractivity contribution is 0.213. The molecule has 98 valence electrons. The van der Waals surface area contributed by atoms with Crippen molar-refractivity contribution in [3.8, 4) is 0 Å². The molecule has 2 heterocycles. The third-order valence-corrected chi connectivity index (χ3v) is 4.74. The topological polar surface area (TPSA) is 38.0 Å². The smallest absolute Gasteiger partial charge is 0.131 e. The maximum Gasteiger partial charge on any atom is 0.131 e. The highest BCUT2D eigenvalue weighted by Crippen LogP contribution is 2.35. The third kappa shape index (κ3) is 2.20. The van der Waals surface area contributed by atoms with Crippen LogP contribution in [0.2, 0.25) is 0 Å². The molecule has 0 spiro atoms. The van der Waals surface area contributed by atoms with Gasteiger partial charge in [-0.05, 0) is 45.6 Å². The van der Waals surface area contributed by atoms with Crippen molar-refractivity contribution >= 4 is 37.4 Å². The zero-order valence-electron chi connectivity index (χ0n) is 9.97. The first-order valence-corrected chi connectivity index (χ1v) is 7.21. The molecule has 1 N–H and O–H groups in total. The fraction of sp³-hybridized carbons (Fsp3) is 0.154. The summed E-state index contributed by atoms with van der Waals surface area (Å²) in [6.45, 7) is 0. The van der Waals surface area contributed by atoms with Gasteiger partial charge in [0.2, 0.25) is 0 Å². The van der Waals surface area contributed by atoms with Crippen molar-refractivity contribution in [3.05, 3.63) is 51.3 Å². The Kier molecular flexibility index (Phi) is 3.16. The second-order valence-corrected chi connectivity index (χ2v) is 6.20. The van der Waals surface area contributed by atoms with Crippen LogP contribution in [0.5, 0.6) is 0 Å². The zero-order valence-corrected chi connectivity index (χ0v) is 12.4. The van der Waals surface area contributed by atoms with Crippen molar-refractivity contribution in [2.75, 3.05) is 0 Å². The Hall–Kier alpha value is -1.24. The normalized spacial score (nSPS) is 13.1. The number of thiophene rings is 1. The fourth-order valence-electron chi connectivity index (χ4n) is 2.03. The summed E-state index contributed by atoms with van der Waals surface area (Å²) in [6, 6.07) is 6.44. The number of fused-ring (bicyclic) bond motifs is 1. The molecule has 0 aliphatic heterocycles. The van der Waals surface area contributed by atoms with Crippen molar-refractivity contribution in [2.24, 2.45) is 7.05 Å². The van der Waals surface area contributed by atoms with Crippen LogP contribution in [0.15, 0.2) is 34.9 Å². The van der Waals surface area contributed by atoms with Gasteiger partial charge < -0.3 is 5.11 Å². The molecular formula is C13H10BrFN2OS. The number of nitrogens with zero attached hydrogens (tertiary/aromatic N) is 2. The van der Waals surface area contributed by atoms with Crippen LogP contribution in [0.1, 0.15) is 16.7 Å². The Morgan fingerprint density at radius 2 is 2.21 bits per heavy atom. The fourth-order valence-corrected chi connectivity index (χ4v) is 3.63. The number of aliphatic hydroxyl groups excluding tert-OH is 1. The predicted octanol–water partition coefficient (Wildman–Crippen LogP) is 3.62. The van der Waals surface area contributed by atoms with Crippen molar-refractivity contribution < 1.29 is 9.50 Å². The van der Waals surface area contributed by atoms with Gasteiger partial charge in [-0.2, -0.15) is 5.10 Å². The van der Waals surface area contributed by atoms with E-state index >= 15 is 0 Å². The average Bonchev–Trinajstić information content (AvgIpc) is 2.92. The minimum absolute atomic E-state index is 0.270. The highest BCUT2D eigenvalue weighted by atomic mass is 79.9. The maximum absolute atomic E-state index is 13.2. The standard InChI is InChI=1S/C13H10BrFN2OS/c1-17-12(9(14)6-16-17)13(18)11-5-7-4-8(15)2-3-10(7)19-11/h2-6,13,18H,1H3. The monoisotopic (exact) mass is 340 g/mol. The number of benzene rings is 1. The van der Waals surface area contributed by atoms with E-state index in [2.05, 4.69) is 21.0 Å². The van der Waals surface area contributed by atoms with Gasteiger partial charge in [0.25, 0.3) is 0 Å². The summed E-state index contributed by atoms with van der Waals surface area (Å²) < 4.78 is 16.5. The molecule has 0 bridgehead atoms. The molecule has 0 saturated carbocycles. The summed E-state index contributed by atoms with van der Waals surface area (Å²) in [4.78, 5) is 0.768. The number of aryl methyl sites for hydroxylation is 1. The van der Waals surface area contributed by atoms with E-state index in [0.717, 1.165) is 19.4 Å². The van der Waals surface area contributed by atoms with Crippen LogP contribution >= 0.6 is 27.3 Å². The molecule has 6 heteroatoms. The highest BCUT2D eigenvalue weighted by molar-refractivity contribution is 9.10.